The van der Waals surface area contributed by atoms with Gasteiger partial charge in [-0.3, -0.25) is 9.69 Å². The van der Waals surface area contributed by atoms with Crippen LogP contribution in [0.1, 0.15) is 38.3 Å². The number of hydrogen-bond donors (Lipinski definition) is 2. The maximum absolute atomic E-state index is 12.9. The first-order chi connectivity index (χ1) is 14.8. The quantitative estimate of drug-likeness (QED) is 0.652. The molecule has 2 aliphatic heterocycles. The van der Waals surface area contributed by atoms with Gasteiger partial charge in [-0.25, -0.2) is 9.59 Å². The molecule has 1 saturated heterocycles. The highest BCUT2D eigenvalue weighted by atomic mass is 35.5. The molecular formula is C22H29ClN4O4. The molecule has 31 heavy (non-hydrogen) atoms. The SMILES string of the molecule is CCOC(=O)C1=C(CN2CCC(N(C)C(C)=O)CC2)NC(=O)NC1c1ccc(Cl)cc1. The summed E-state index contributed by atoms with van der Waals surface area (Å²) in [5.74, 6) is -0.404. The van der Waals surface area contributed by atoms with E-state index in [1.54, 1.807) is 43.0 Å². The van der Waals surface area contributed by atoms with Crippen LogP contribution in [0, 0.1) is 0 Å². The monoisotopic (exact) mass is 448 g/mol. The molecule has 9 heteroatoms. The second-order valence-corrected chi connectivity index (χ2v) is 8.27. The lowest BCUT2D eigenvalue weighted by atomic mass is 9.94. The number of nitrogens with zero attached hydrogens (tertiary/aromatic N) is 2. The van der Waals surface area contributed by atoms with Gasteiger partial charge < -0.3 is 20.3 Å². The molecule has 8 nitrogen and oxygen atoms in total. The number of benzene rings is 1. The summed E-state index contributed by atoms with van der Waals surface area (Å²) in [6.07, 6.45) is 1.68. The van der Waals surface area contributed by atoms with Crippen LogP contribution in [0.3, 0.4) is 0 Å². The molecule has 2 N–H and O–H groups in total. The maximum Gasteiger partial charge on any atom is 0.338 e. The van der Waals surface area contributed by atoms with E-state index in [1.165, 1.54) is 0 Å². The van der Waals surface area contributed by atoms with Gasteiger partial charge in [0.05, 0.1) is 18.2 Å². The van der Waals surface area contributed by atoms with Crippen LogP contribution in [0.2, 0.25) is 5.02 Å². The molecule has 0 spiro atoms. The second-order valence-electron chi connectivity index (χ2n) is 7.83. The number of rotatable bonds is 6. The van der Waals surface area contributed by atoms with Gasteiger partial charge in [-0.1, -0.05) is 23.7 Å². The van der Waals surface area contributed by atoms with E-state index in [4.69, 9.17) is 16.3 Å². The molecule has 168 valence electrons. The van der Waals surface area contributed by atoms with Crippen molar-refractivity contribution in [1.29, 1.82) is 0 Å². The number of amides is 3. The van der Waals surface area contributed by atoms with Crippen LogP contribution in [0.15, 0.2) is 35.5 Å². The number of likely N-dealkylation sites (tertiary alicyclic amines) is 1. The van der Waals surface area contributed by atoms with E-state index in [-0.39, 0.29) is 24.6 Å². The van der Waals surface area contributed by atoms with Crippen LogP contribution >= 0.6 is 11.6 Å². The lowest BCUT2D eigenvalue weighted by Crippen LogP contribution is -2.50. The van der Waals surface area contributed by atoms with Gasteiger partial charge in [-0.05, 0) is 37.5 Å². The summed E-state index contributed by atoms with van der Waals surface area (Å²) >= 11 is 6.00. The summed E-state index contributed by atoms with van der Waals surface area (Å²) in [5, 5.41) is 6.22. The topological polar surface area (TPSA) is 91.0 Å². The van der Waals surface area contributed by atoms with Gasteiger partial charge in [0.2, 0.25) is 5.91 Å². The number of piperidine rings is 1. The molecule has 0 aliphatic carbocycles. The van der Waals surface area contributed by atoms with Crippen LogP contribution < -0.4 is 10.6 Å². The summed E-state index contributed by atoms with van der Waals surface area (Å²) in [4.78, 5) is 40.9. The largest absolute Gasteiger partial charge is 0.463 e. The zero-order valence-electron chi connectivity index (χ0n) is 18.1. The third-order valence-electron chi connectivity index (χ3n) is 5.84. The minimum Gasteiger partial charge on any atom is -0.463 e. The Balaban J connectivity index is 1.84. The Kier molecular flexibility index (Phi) is 7.56. The predicted octanol–water partition coefficient (Wildman–Crippen LogP) is 2.45. The van der Waals surface area contributed by atoms with E-state index in [9.17, 15) is 14.4 Å². The zero-order chi connectivity index (χ0) is 22.5. The molecule has 3 amide bonds. The molecular weight excluding hydrogens is 420 g/mol. The van der Waals surface area contributed by atoms with E-state index in [2.05, 4.69) is 15.5 Å². The van der Waals surface area contributed by atoms with Crippen LogP contribution in [-0.4, -0.2) is 67.0 Å². The normalized spacial score (nSPS) is 20.1. The fourth-order valence-electron chi connectivity index (χ4n) is 4.04. The Labute approximate surface area is 187 Å². The van der Waals surface area contributed by atoms with E-state index in [0.717, 1.165) is 31.5 Å². The number of nitrogens with one attached hydrogen (secondary N) is 2. The Bertz CT molecular complexity index is 863. The third kappa shape index (κ3) is 5.57. The summed E-state index contributed by atoms with van der Waals surface area (Å²) in [7, 11) is 1.83. The van der Waals surface area contributed by atoms with Gasteiger partial charge in [0.1, 0.15) is 0 Å². The van der Waals surface area contributed by atoms with Crippen LogP contribution in [0.4, 0.5) is 4.79 Å². The van der Waals surface area contributed by atoms with Gasteiger partial charge in [0.25, 0.3) is 0 Å². The zero-order valence-corrected chi connectivity index (χ0v) is 18.9. The predicted molar refractivity (Wildman–Crippen MR) is 117 cm³/mol. The first kappa shape index (κ1) is 23.1. The Morgan fingerprint density at radius 1 is 1.23 bits per heavy atom. The molecule has 2 heterocycles. The Hall–Kier alpha value is -2.58. The van der Waals surface area contributed by atoms with Crippen molar-refractivity contribution in [2.75, 3.05) is 33.3 Å². The fourth-order valence-corrected chi connectivity index (χ4v) is 4.17. The summed E-state index contributed by atoms with van der Waals surface area (Å²) in [5.41, 5.74) is 1.69. The first-order valence-corrected chi connectivity index (χ1v) is 10.9. The highest BCUT2D eigenvalue weighted by molar-refractivity contribution is 6.30. The summed E-state index contributed by atoms with van der Waals surface area (Å²) in [6, 6.07) is 6.25. The second kappa shape index (κ2) is 10.2. The first-order valence-electron chi connectivity index (χ1n) is 10.5. The molecule has 3 rings (SSSR count). The van der Waals surface area contributed by atoms with Crippen molar-refractivity contribution in [3.05, 3.63) is 46.1 Å². The third-order valence-corrected chi connectivity index (χ3v) is 6.09. The molecule has 0 bridgehead atoms. The Morgan fingerprint density at radius 3 is 2.45 bits per heavy atom. The molecule has 1 aromatic carbocycles. The average molecular weight is 449 g/mol. The summed E-state index contributed by atoms with van der Waals surface area (Å²) in [6.45, 7) is 5.50. The molecule has 2 aliphatic rings. The number of halogens is 1. The number of ether oxygens (including phenoxy) is 1. The van der Waals surface area contributed by atoms with Crippen molar-refractivity contribution >= 4 is 29.5 Å². The van der Waals surface area contributed by atoms with E-state index in [0.29, 0.717) is 22.8 Å². The minimum absolute atomic E-state index is 0.0576. The van der Waals surface area contributed by atoms with Crippen molar-refractivity contribution in [3.8, 4) is 0 Å². The molecule has 1 aromatic rings. The molecule has 1 fully saturated rings. The maximum atomic E-state index is 12.9. The number of carbonyl (C=O) groups excluding carboxylic acids is 3. The highest BCUT2D eigenvalue weighted by Gasteiger charge is 2.35. The van der Waals surface area contributed by atoms with Crippen LogP contribution in [0.25, 0.3) is 0 Å². The lowest BCUT2D eigenvalue weighted by Gasteiger charge is -2.38. The molecule has 1 atom stereocenters. The van der Waals surface area contributed by atoms with Gasteiger partial charge in [-0.2, -0.15) is 0 Å². The van der Waals surface area contributed by atoms with E-state index in [1.807, 2.05) is 7.05 Å². The number of carbonyl (C=O) groups is 3. The van der Waals surface area contributed by atoms with Gasteiger partial charge in [-0.15, -0.1) is 0 Å². The number of esters is 1. The number of urea groups is 1. The molecule has 0 aromatic heterocycles. The lowest BCUT2D eigenvalue weighted by molar-refractivity contribution is -0.139. The molecule has 1 unspecified atom stereocenters. The molecule has 0 radical (unpaired) electrons. The van der Waals surface area contributed by atoms with E-state index >= 15 is 0 Å². The van der Waals surface area contributed by atoms with Crippen molar-refractivity contribution < 1.29 is 19.1 Å². The minimum atomic E-state index is -0.624. The average Bonchev–Trinajstić information content (AvgIpc) is 2.74. The summed E-state index contributed by atoms with van der Waals surface area (Å²) < 4.78 is 5.31. The van der Waals surface area contributed by atoms with Crippen molar-refractivity contribution in [1.82, 2.24) is 20.4 Å². The standard InChI is InChI=1S/C22H29ClN4O4/c1-4-31-21(29)19-18(13-27-11-9-17(10-12-27)26(3)14(2)28)24-22(30)25-20(19)15-5-7-16(23)8-6-15/h5-8,17,20H,4,9-13H2,1-3H3,(H2,24,25,30). The van der Waals surface area contributed by atoms with Gasteiger partial charge >= 0.3 is 12.0 Å². The van der Waals surface area contributed by atoms with Gasteiger partial charge in [0.15, 0.2) is 0 Å². The van der Waals surface area contributed by atoms with E-state index < -0.39 is 12.0 Å². The van der Waals surface area contributed by atoms with Gasteiger partial charge in [0, 0.05) is 50.4 Å². The van der Waals surface area contributed by atoms with Crippen LogP contribution in [-0.2, 0) is 14.3 Å². The fraction of sp³-hybridized carbons (Fsp3) is 0.500. The van der Waals surface area contributed by atoms with Crippen molar-refractivity contribution in [2.24, 2.45) is 0 Å². The van der Waals surface area contributed by atoms with Crippen molar-refractivity contribution in [3.63, 3.8) is 0 Å². The van der Waals surface area contributed by atoms with Crippen LogP contribution in [0.5, 0.6) is 0 Å². The smallest absolute Gasteiger partial charge is 0.338 e. The molecule has 0 saturated carbocycles. The number of hydrogen-bond acceptors (Lipinski definition) is 5. The van der Waals surface area contributed by atoms with Crippen molar-refractivity contribution in [2.45, 2.75) is 38.8 Å². The highest BCUT2D eigenvalue weighted by Crippen LogP contribution is 2.29. The Morgan fingerprint density at radius 2 is 1.87 bits per heavy atom.